The zero-order valence-electron chi connectivity index (χ0n) is 12.4. The third kappa shape index (κ3) is 3.28. The maximum absolute atomic E-state index is 6.06. The predicted molar refractivity (Wildman–Crippen MR) is 77.8 cm³/mol. The van der Waals surface area contributed by atoms with Crippen LogP contribution in [-0.4, -0.2) is 31.9 Å². The second kappa shape index (κ2) is 6.40. The van der Waals surface area contributed by atoms with Crippen molar-refractivity contribution in [2.24, 2.45) is 0 Å². The highest BCUT2D eigenvalue weighted by Crippen LogP contribution is 2.29. The van der Waals surface area contributed by atoms with Crippen molar-refractivity contribution in [1.29, 1.82) is 0 Å². The molecule has 3 atom stereocenters. The fourth-order valence-electron chi connectivity index (χ4n) is 2.42. The van der Waals surface area contributed by atoms with Gasteiger partial charge in [-0.15, -0.1) is 0 Å². The summed E-state index contributed by atoms with van der Waals surface area (Å²) in [5, 5.41) is 3.29. The van der Waals surface area contributed by atoms with Crippen LogP contribution in [0, 0.1) is 13.8 Å². The van der Waals surface area contributed by atoms with Crippen LogP contribution in [-0.2, 0) is 4.74 Å². The summed E-state index contributed by atoms with van der Waals surface area (Å²) in [5.41, 5.74) is 2.57. The summed E-state index contributed by atoms with van der Waals surface area (Å²) in [5.74, 6) is 0.952. The topological polar surface area (TPSA) is 30.5 Å². The third-order valence-electron chi connectivity index (χ3n) is 3.90. The van der Waals surface area contributed by atoms with Crippen LogP contribution in [0.25, 0.3) is 0 Å². The first-order valence-corrected chi connectivity index (χ1v) is 7.18. The van der Waals surface area contributed by atoms with Crippen molar-refractivity contribution in [2.45, 2.75) is 51.9 Å². The lowest BCUT2D eigenvalue weighted by atomic mass is 9.85. The quantitative estimate of drug-likeness (QED) is 0.856. The van der Waals surface area contributed by atoms with Gasteiger partial charge in [0.15, 0.2) is 0 Å². The summed E-state index contributed by atoms with van der Waals surface area (Å²) < 4.78 is 11.9. The monoisotopic (exact) mass is 263 g/mol. The highest BCUT2D eigenvalue weighted by Gasteiger charge is 2.42. The van der Waals surface area contributed by atoms with Crippen molar-refractivity contribution in [3.63, 3.8) is 0 Å². The van der Waals surface area contributed by atoms with Gasteiger partial charge in [-0.25, -0.2) is 0 Å². The number of likely N-dealkylation sites (N-methyl/N-ethyl adjacent to an activating group) is 1. The van der Waals surface area contributed by atoms with Crippen molar-refractivity contribution in [3.05, 3.63) is 29.3 Å². The molecule has 1 N–H and O–H groups in total. The zero-order valence-corrected chi connectivity index (χ0v) is 12.4. The highest BCUT2D eigenvalue weighted by atomic mass is 16.5. The highest BCUT2D eigenvalue weighted by molar-refractivity contribution is 5.34. The first-order chi connectivity index (χ1) is 9.15. The van der Waals surface area contributed by atoms with E-state index in [1.165, 1.54) is 11.1 Å². The molecule has 106 valence electrons. The Labute approximate surface area is 116 Å². The molecule has 1 fully saturated rings. The van der Waals surface area contributed by atoms with Crippen molar-refractivity contribution in [1.82, 2.24) is 5.32 Å². The number of nitrogens with one attached hydrogen (secondary N) is 1. The van der Waals surface area contributed by atoms with Gasteiger partial charge in [0.1, 0.15) is 18.0 Å². The van der Waals surface area contributed by atoms with E-state index in [4.69, 9.17) is 9.47 Å². The normalized spacial score (nSPS) is 26.0. The summed E-state index contributed by atoms with van der Waals surface area (Å²) in [7, 11) is 1.99. The van der Waals surface area contributed by atoms with E-state index in [-0.39, 0.29) is 12.2 Å². The van der Waals surface area contributed by atoms with Crippen LogP contribution in [0.5, 0.6) is 5.75 Å². The Morgan fingerprint density at radius 3 is 2.68 bits per heavy atom. The largest absolute Gasteiger partial charge is 0.488 e. The number of aryl methyl sites for hydroxylation is 2. The smallest absolute Gasteiger partial charge is 0.128 e. The van der Waals surface area contributed by atoms with E-state index in [1.807, 2.05) is 13.1 Å². The molecular weight excluding hydrogens is 238 g/mol. The fraction of sp³-hybridized carbons (Fsp3) is 0.625. The van der Waals surface area contributed by atoms with Gasteiger partial charge < -0.3 is 14.8 Å². The number of benzene rings is 1. The average Bonchev–Trinajstić information content (AvgIpc) is 2.38. The molecule has 3 nitrogen and oxygen atoms in total. The van der Waals surface area contributed by atoms with Gasteiger partial charge in [0.2, 0.25) is 0 Å². The maximum atomic E-state index is 6.06. The Balaban J connectivity index is 1.96. The van der Waals surface area contributed by atoms with Gasteiger partial charge in [0.25, 0.3) is 0 Å². The molecule has 0 radical (unpaired) electrons. The molecule has 1 aliphatic carbocycles. The third-order valence-corrected chi connectivity index (χ3v) is 3.90. The Bertz CT molecular complexity index is 419. The lowest BCUT2D eigenvalue weighted by Crippen LogP contribution is -2.60. The van der Waals surface area contributed by atoms with Crippen molar-refractivity contribution >= 4 is 0 Å². The molecule has 0 saturated heterocycles. The predicted octanol–water partition coefficient (Wildman–Crippen LogP) is 2.84. The zero-order chi connectivity index (χ0) is 13.8. The molecule has 0 aromatic heterocycles. The molecule has 3 unspecified atom stereocenters. The number of rotatable bonds is 6. The van der Waals surface area contributed by atoms with Gasteiger partial charge >= 0.3 is 0 Å². The standard InChI is InChI=1S/C16H25NO2/c1-5-8-18-16-14(17-4)10-15(16)19-13-7-6-11(2)12(3)9-13/h6-7,9,14-17H,5,8,10H2,1-4H3. The first kappa shape index (κ1) is 14.4. The molecule has 0 heterocycles. The molecule has 19 heavy (non-hydrogen) atoms. The van der Waals surface area contributed by atoms with E-state index >= 15 is 0 Å². The SMILES string of the molecule is CCCOC1C(NC)CC1Oc1ccc(C)c(C)c1. The Morgan fingerprint density at radius 2 is 2.05 bits per heavy atom. The van der Waals surface area contributed by atoms with E-state index < -0.39 is 0 Å². The number of hydrogen-bond acceptors (Lipinski definition) is 3. The summed E-state index contributed by atoms with van der Waals surface area (Å²) >= 11 is 0. The second-order valence-corrected chi connectivity index (χ2v) is 5.37. The van der Waals surface area contributed by atoms with E-state index in [1.54, 1.807) is 0 Å². The van der Waals surface area contributed by atoms with E-state index in [2.05, 4.69) is 38.2 Å². The van der Waals surface area contributed by atoms with Gasteiger partial charge in [-0.1, -0.05) is 13.0 Å². The molecule has 1 aromatic carbocycles. The minimum Gasteiger partial charge on any atom is -0.488 e. The van der Waals surface area contributed by atoms with Gasteiger partial charge in [0.05, 0.1) is 0 Å². The molecular formula is C16H25NO2. The molecule has 0 bridgehead atoms. The minimum absolute atomic E-state index is 0.172. The molecule has 2 rings (SSSR count). The first-order valence-electron chi connectivity index (χ1n) is 7.18. The Kier molecular flexibility index (Phi) is 4.83. The van der Waals surface area contributed by atoms with Crippen LogP contribution in [0.15, 0.2) is 18.2 Å². The molecule has 0 amide bonds. The average molecular weight is 263 g/mol. The van der Waals surface area contributed by atoms with Gasteiger partial charge in [0, 0.05) is 19.1 Å². The summed E-state index contributed by atoms with van der Waals surface area (Å²) in [6.07, 6.45) is 2.40. The van der Waals surface area contributed by atoms with Crippen molar-refractivity contribution in [3.8, 4) is 5.75 Å². The van der Waals surface area contributed by atoms with Crippen molar-refractivity contribution < 1.29 is 9.47 Å². The van der Waals surface area contributed by atoms with Crippen LogP contribution in [0.1, 0.15) is 30.9 Å². The van der Waals surface area contributed by atoms with Crippen LogP contribution >= 0.6 is 0 Å². The maximum Gasteiger partial charge on any atom is 0.128 e. The minimum atomic E-state index is 0.172. The molecule has 0 aliphatic heterocycles. The van der Waals surface area contributed by atoms with Crippen LogP contribution in [0.2, 0.25) is 0 Å². The van der Waals surface area contributed by atoms with Crippen LogP contribution in [0.4, 0.5) is 0 Å². The van der Waals surface area contributed by atoms with E-state index in [0.29, 0.717) is 6.04 Å². The van der Waals surface area contributed by atoms with E-state index in [0.717, 1.165) is 25.2 Å². The summed E-state index contributed by atoms with van der Waals surface area (Å²) in [4.78, 5) is 0. The molecule has 3 heteroatoms. The summed E-state index contributed by atoms with van der Waals surface area (Å²) in [6.45, 7) is 7.17. The lowest BCUT2D eigenvalue weighted by molar-refractivity contribution is -0.106. The molecule has 1 aromatic rings. The molecule has 0 spiro atoms. The van der Waals surface area contributed by atoms with Gasteiger partial charge in [-0.3, -0.25) is 0 Å². The van der Waals surface area contributed by atoms with Gasteiger partial charge in [-0.05, 0) is 50.6 Å². The Morgan fingerprint density at radius 1 is 1.26 bits per heavy atom. The second-order valence-electron chi connectivity index (χ2n) is 5.37. The fourth-order valence-corrected chi connectivity index (χ4v) is 2.42. The number of hydrogen-bond donors (Lipinski definition) is 1. The van der Waals surface area contributed by atoms with Crippen molar-refractivity contribution in [2.75, 3.05) is 13.7 Å². The molecule has 1 aliphatic rings. The number of ether oxygens (including phenoxy) is 2. The van der Waals surface area contributed by atoms with E-state index in [9.17, 15) is 0 Å². The summed E-state index contributed by atoms with van der Waals surface area (Å²) in [6, 6.07) is 6.69. The lowest BCUT2D eigenvalue weighted by Gasteiger charge is -2.43. The van der Waals surface area contributed by atoms with Gasteiger partial charge in [-0.2, -0.15) is 0 Å². The Hall–Kier alpha value is -1.06. The van der Waals surface area contributed by atoms with Crippen LogP contribution in [0.3, 0.4) is 0 Å². The van der Waals surface area contributed by atoms with Crippen LogP contribution < -0.4 is 10.1 Å². The molecule has 1 saturated carbocycles.